The van der Waals surface area contributed by atoms with E-state index in [1.54, 1.807) is 12.1 Å². The van der Waals surface area contributed by atoms with Crippen LogP contribution in [0.5, 0.6) is 0 Å². The largest absolute Gasteiger partial charge is 0.380 e. The summed E-state index contributed by atoms with van der Waals surface area (Å²) in [5.41, 5.74) is -0.902. The molecule has 1 saturated heterocycles. The molecule has 5 heteroatoms. The van der Waals surface area contributed by atoms with E-state index in [1.807, 2.05) is 0 Å². The molecule has 1 aromatic rings. The Morgan fingerprint density at radius 2 is 2.00 bits per heavy atom. The molecule has 0 unspecified atom stereocenters. The number of halogens is 3. The van der Waals surface area contributed by atoms with Crippen LogP contribution in [0.2, 0.25) is 0 Å². The number of hydrogen-bond donors (Lipinski definition) is 1. The number of benzene rings is 1. The average Bonchev–Trinajstić information content (AvgIpc) is 2.07. The molecule has 1 aromatic carbocycles. The SMILES string of the molecule is OC1(c2cc(Br)cc(Br)c2F)COC1. The van der Waals surface area contributed by atoms with E-state index in [4.69, 9.17) is 4.74 Å². The second kappa shape index (κ2) is 3.56. The first kappa shape index (κ1) is 10.5. The van der Waals surface area contributed by atoms with Crippen molar-refractivity contribution in [3.05, 3.63) is 32.5 Å². The normalized spacial score (nSPS) is 19.1. The van der Waals surface area contributed by atoms with Crippen LogP contribution in [-0.2, 0) is 10.3 Å². The van der Waals surface area contributed by atoms with E-state index >= 15 is 0 Å². The van der Waals surface area contributed by atoms with Crippen molar-refractivity contribution in [3.8, 4) is 0 Å². The Bertz CT molecular complexity index is 377. The van der Waals surface area contributed by atoms with Gasteiger partial charge in [0, 0.05) is 10.0 Å². The van der Waals surface area contributed by atoms with Gasteiger partial charge in [0.05, 0.1) is 17.7 Å². The zero-order chi connectivity index (χ0) is 10.3. The van der Waals surface area contributed by atoms with Gasteiger partial charge in [0.15, 0.2) is 0 Å². The summed E-state index contributed by atoms with van der Waals surface area (Å²) in [5.74, 6) is -0.431. The second-order valence-electron chi connectivity index (χ2n) is 3.27. The highest BCUT2D eigenvalue weighted by Gasteiger charge is 2.40. The summed E-state index contributed by atoms with van der Waals surface area (Å²) in [6, 6.07) is 3.17. The Hall–Kier alpha value is 0.0300. The van der Waals surface area contributed by atoms with Crippen LogP contribution in [0.4, 0.5) is 4.39 Å². The molecule has 1 aliphatic rings. The van der Waals surface area contributed by atoms with E-state index < -0.39 is 11.4 Å². The third kappa shape index (κ3) is 1.62. The quantitative estimate of drug-likeness (QED) is 0.804. The Labute approximate surface area is 97.3 Å². The summed E-state index contributed by atoms with van der Waals surface area (Å²) in [4.78, 5) is 0. The predicted octanol–water partition coefficient (Wildman–Crippen LogP) is 2.57. The van der Waals surface area contributed by atoms with Gasteiger partial charge in [0.2, 0.25) is 0 Å². The standard InChI is InChI=1S/C9H7Br2FO2/c10-5-1-6(8(12)7(11)2-5)9(13)3-14-4-9/h1-2,13H,3-4H2. The highest BCUT2D eigenvalue weighted by atomic mass is 79.9. The minimum Gasteiger partial charge on any atom is -0.380 e. The van der Waals surface area contributed by atoms with Crippen LogP contribution in [0.25, 0.3) is 0 Å². The fraction of sp³-hybridized carbons (Fsp3) is 0.333. The van der Waals surface area contributed by atoms with Crippen molar-refractivity contribution >= 4 is 31.9 Å². The maximum atomic E-state index is 13.6. The van der Waals surface area contributed by atoms with Gasteiger partial charge in [0.25, 0.3) is 0 Å². The van der Waals surface area contributed by atoms with E-state index in [-0.39, 0.29) is 18.8 Å². The molecular formula is C9H7Br2FO2. The lowest BCUT2D eigenvalue weighted by atomic mass is 9.92. The van der Waals surface area contributed by atoms with Crippen molar-refractivity contribution in [3.63, 3.8) is 0 Å². The number of rotatable bonds is 1. The van der Waals surface area contributed by atoms with Crippen molar-refractivity contribution < 1.29 is 14.2 Å². The number of hydrogen-bond acceptors (Lipinski definition) is 2. The Kier molecular flexibility index (Phi) is 2.68. The topological polar surface area (TPSA) is 29.5 Å². The van der Waals surface area contributed by atoms with Crippen molar-refractivity contribution in [1.29, 1.82) is 0 Å². The first-order chi connectivity index (χ1) is 6.53. The first-order valence-corrected chi connectivity index (χ1v) is 5.57. The van der Waals surface area contributed by atoms with E-state index in [2.05, 4.69) is 31.9 Å². The van der Waals surface area contributed by atoms with Crippen LogP contribution in [0.3, 0.4) is 0 Å². The summed E-state index contributed by atoms with van der Waals surface area (Å²) in [6.07, 6.45) is 0. The maximum Gasteiger partial charge on any atom is 0.143 e. The van der Waals surface area contributed by atoms with Gasteiger partial charge >= 0.3 is 0 Å². The van der Waals surface area contributed by atoms with Crippen LogP contribution in [0.15, 0.2) is 21.1 Å². The van der Waals surface area contributed by atoms with Gasteiger partial charge in [-0.2, -0.15) is 0 Å². The van der Waals surface area contributed by atoms with Crippen molar-refractivity contribution in [2.45, 2.75) is 5.60 Å². The fourth-order valence-corrected chi connectivity index (χ4v) is 2.57. The molecule has 1 N–H and O–H groups in total. The summed E-state index contributed by atoms with van der Waals surface area (Å²) >= 11 is 6.33. The lowest BCUT2D eigenvalue weighted by Crippen LogP contribution is -2.47. The molecule has 1 fully saturated rings. The predicted molar refractivity (Wildman–Crippen MR) is 56.5 cm³/mol. The van der Waals surface area contributed by atoms with Crippen molar-refractivity contribution in [2.24, 2.45) is 0 Å². The highest BCUT2D eigenvalue weighted by Crippen LogP contribution is 2.35. The van der Waals surface area contributed by atoms with E-state index in [1.165, 1.54) is 0 Å². The molecule has 0 bridgehead atoms. The van der Waals surface area contributed by atoms with Gasteiger partial charge in [0.1, 0.15) is 11.4 Å². The van der Waals surface area contributed by atoms with E-state index in [0.717, 1.165) is 4.47 Å². The monoisotopic (exact) mass is 324 g/mol. The Balaban J connectivity index is 2.51. The molecule has 0 radical (unpaired) electrons. The summed E-state index contributed by atoms with van der Waals surface area (Å²) in [6.45, 7) is 0.291. The van der Waals surface area contributed by atoms with Crippen LogP contribution in [-0.4, -0.2) is 18.3 Å². The molecule has 2 nitrogen and oxygen atoms in total. The van der Waals surface area contributed by atoms with Gasteiger partial charge in [-0.15, -0.1) is 0 Å². The van der Waals surface area contributed by atoms with Gasteiger partial charge in [-0.3, -0.25) is 0 Å². The van der Waals surface area contributed by atoms with Crippen LogP contribution < -0.4 is 0 Å². The summed E-state index contributed by atoms with van der Waals surface area (Å²) in [5, 5.41) is 9.90. The van der Waals surface area contributed by atoms with Crippen LogP contribution >= 0.6 is 31.9 Å². The van der Waals surface area contributed by atoms with Crippen LogP contribution in [0, 0.1) is 5.82 Å². The highest BCUT2D eigenvalue weighted by molar-refractivity contribution is 9.11. The number of ether oxygens (including phenoxy) is 1. The molecular weight excluding hydrogens is 319 g/mol. The zero-order valence-electron chi connectivity index (χ0n) is 7.06. The van der Waals surface area contributed by atoms with E-state index in [9.17, 15) is 9.50 Å². The van der Waals surface area contributed by atoms with Gasteiger partial charge < -0.3 is 9.84 Å². The third-order valence-corrected chi connectivity index (χ3v) is 3.21. The minimum atomic E-state index is -1.17. The van der Waals surface area contributed by atoms with Crippen LogP contribution in [0.1, 0.15) is 5.56 Å². The van der Waals surface area contributed by atoms with Crippen molar-refractivity contribution in [2.75, 3.05) is 13.2 Å². The fourth-order valence-electron chi connectivity index (χ4n) is 1.35. The molecule has 0 spiro atoms. The van der Waals surface area contributed by atoms with E-state index in [0.29, 0.717) is 4.47 Å². The smallest absolute Gasteiger partial charge is 0.143 e. The molecule has 0 saturated carbocycles. The molecule has 0 aliphatic carbocycles. The number of aliphatic hydroxyl groups is 1. The molecule has 0 amide bonds. The average molecular weight is 326 g/mol. The minimum absolute atomic E-state index is 0.146. The van der Waals surface area contributed by atoms with Gasteiger partial charge in [-0.05, 0) is 28.1 Å². The molecule has 2 rings (SSSR count). The molecule has 76 valence electrons. The lowest BCUT2D eigenvalue weighted by molar-refractivity contribution is -0.186. The first-order valence-electron chi connectivity index (χ1n) is 3.98. The van der Waals surface area contributed by atoms with Gasteiger partial charge in [-0.1, -0.05) is 15.9 Å². The summed E-state index contributed by atoms with van der Waals surface area (Å²) in [7, 11) is 0. The Morgan fingerprint density at radius 3 is 2.50 bits per heavy atom. The molecule has 0 aromatic heterocycles. The Morgan fingerprint density at radius 1 is 1.36 bits per heavy atom. The molecule has 14 heavy (non-hydrogen) atoms. The maximum absolute atomic E-state index is 13.6. The molecule has 1 aliphatic heterocycles. The lowest BCUT2D eigenvalue weighted by Gasteiger charge is -2.37. The van der Waals surface area contributed by atoms with Gasteiger partial charge in [-0.25, -0.2) is 4.39 Å². The zero-order valence-corrected chi connectivity index (χ0v) is 10.2. The summed E-state index contributed by atoms with van der Waals surface area (Å²) < 4.78 is 19.6. The molecule has 1 heterocycles. The van der Waals surface area contributed by atoms with Crippen molar-refractivity contribution in [1.82, 2.24) is 0 Å². The molecule has 0 atom stereocenters. The third-order valence-electron chi connectivity index (χ3n) is 2.18. The second-order valence-corrected chi connectivity index (χ2v) is 5.04.